The van der Waals surface area contributed by atoms with Gasteiger partial charge in [0.25, 0.3) is 0 Å². The van der Waals surface area contributed by atoms with E-state index < -0.39 is 15.8 Å². The fourth-order valence-electron chi connectivity index (χ4n) is 1.56. The number of benzene rings is 1. The third kappa shape index (κ3) is 4.65. The van der Waals surface area contributed by atoms with Crippen molar-refractivity contribution in [2.75, 3.05) is 5.75 Å². The van der Waals surface area contributed by atoms with Gasteiger partial charge < -0.3 is 10.4 Å². The van der Waals surface area contributed by atoms with Crippen molar-refractivity contribution in [2.24, 2.45) is 0 Å². The average Bonchev–Trinajstić information content (AvgIpc) is 2.36. The van der Waals surface area contributed by atoms with E-state index >= 15 is 0 Å². The molecule has 1 amide bonds. The van der Waals surface area contributed by atoms with Crippen LogP contribution in [0, 0.1) is 0 Å². The van der Waals surface area contributed by atoms with Gasteiger partial charge in [0.15, 0.2) is 9.84 Å². The van der Waals surface area contributed by atoms with Crippen LogP contribution in [0.25, 0.3) is 0 Å². The van der Waals surface area contributed by atoms with Gasteiger partial charge in [0.05, 0.1) is 16.2 Å². The first kappa shape index (κ1) is 16.2. The molecule has 0 aliphatic rings. The maximum absolute atomic E-state index is 12.0. The van der Waals surface area contributed by atoms with Crippen LogP contribution in [-0.2, 0) is 14.6 Å². The van der Waals surface area contributed by atoms with Gasteiger partial charge in [-0.1, -0.05) is 6.07 Å². The Hall–Kier alpha value is -1.89. The van der Waals surface area contributed by atoms with E-state index in [0.717, 1.165) is 6.07 Å². The van der Waals surface area contributed by atoms with Crippen molar-refractivity contribution in [3.8, 4) is 0 Å². The molecule has 0 fully saturated rings. The van der Waals surface area contributed by atoms with Crippen LogP contribution in [0.1, 0.15) is 30.6 Å². The molecule has 1 aromatic rings. The number of hydrogen-bond acceptors (Lipinski definition) is 4. The largest absolute Gasteiger partial charge is 0.478 e. The van der Waals surface area contributed by atoms with Crippen LogP contribution in [0.4, 0.5) is 0 Å². The predicted octanol–water partition coefficient (Wildman–Crippen LogP) is 1.07. The minimum Gasteiger partial charge on any atom is -0.478 e. The number of carboxylic acids is 1. The number of carboxylic acid groups (broad SMARTS) is 1. The van der Waals surface area contributed by atoms with Crippen molar-refractivity contribution < 1.29 is 23.1 Å². The van der Waals surface area contributed by atoms with Gasteiger partial charge in [-0.25, -0.2) is 13.2 Å². The average molecular weight is 299 g/mol. The van der Waals surface area contributed by atoms with Crippen molar-refractivity contribution in [2.45, 2.75) is 31.2 Å². The van der Waals surface area contributed by atoms with Crippen molar-refractivity contribution in [3.63, 3.8) is 0 Å². The Labute approximate surface area is 117 Å². The molecule has 0 heterocycles. The molecule has 2 N–H and O–H groups in total. The molecule has 0 atom stereocenters. The molecule has 110 valence electrons. The van der Waals surface area contributed by atoms with Crippen molar-refractivity contribution in [1.82, 2.24) is 5.32 Å². The standard InChI is InChI=1S/C13H17NO5S/c1-9(2)14-12(15)6-7-20(18,19)11-5-3-4-10(8-11)13(16)17/h3-5,8-9H,6-7H2,1-2H3,(H,14,15)(H,16,17). The Morgan fingerprint density at radius 1 is 1.30 bits per heavy atom. The van der Waals surface area contributed by atoms with Gasteiger partial charge >= 0.3 is 5.97 Å². The molecule has 0 spiro atoms. The van der Waals surface area contributed by atoms with Gasteiger partial charge in [-0.3, -0.25) is 4.79 Å². The summed E-state index contributed by atoms with van der Waals surface area (Å²) < 4.78 is 24.0. The summed E-state index contributed by atoms with van der Waals surface area (Å²) in [6, 6.07) is 5.04. The van der Waals surface area contributed by atoms with Gasteiger partial charge in [-0.15, -0.1) is 0 Å². The maximum atomic E-state index is 12.0. The van der Waals surface area contributed by atoms with Crippen molar-refractivity contribution in [1.29, 1.82) is 0 Å². The highest BCUT2D eigenvalue weighted by Crippen LogP contribution is 2.14. The smallest absolute Gasteiger partial charge is 0.335 e. The Morgan fingerprint density at radius 2 is 1.95 bits per heavy atom. The van der Waals surface area contributed by atoms with E-state index in [4.69, 9.17) is 5.11 Å². The quantitative estimate of drug-likeness (QED) is 0.818. The molecule has 0 saturated heterocycles. The molecule has 6 nitrogen and oxygen atoms in total. The van der Waals surface area contributed by atoms with E-state index in [1.165, 1.54) is 18.2 Å². The minimum atomic E-state index is -3.67. The van der Waals surface area contributed by atoms with E-state index in [0.29, 0.717) is 0 Å². The number of aromatic carboxylic acids is 1. The number of amides is 1. The van der Waals surface area contributed by atoms with Crippen LogP contribution in [-0.4, -0.2) is 37.2 Å². The molecule has 0 aromatic heterocycles. The van der Waals surface area contributed by atoms with Crippen LogP contribution in [0.15, 0.2) is 29.2 Å². The zero-order valence-corrected chi connectivity index (χ0v) is 12.1. The van der Waals surface area contributed by atoms with Crippen molar-refractivity contribution in [3.05, 3.63) is 29.8 Å². The lowest BCUT2D eigenvalue weighted by atomic mass is 10.2. The summed E-state index contributed by atoms with van der Waals surface area (Å²) in [7, 11) is -3.67. The highest BCUT2D eigenvalue weighted by atomic mass is 32.2. The molecular weight excluding hydrogens is 282 g/mol. The first-order valence-electron chi connectivity index (χ1n) is 6.08. The first-order valence-corrected chi connectivity index (χ1v) is 7.73. The highest BCUT2D eigenvalue weighted by Gasteiger charge is 2.18. The lowest BCUT2D eigenvalue weighted by Crippen LogP contribution is -2.31. The molecule has 20 heavy (non-hydrogen) atoms. The Kier molecular flexibility index (Phi) is 5.26. The molecule has 7 heteroatoms. The number of rotatable bonds is 6. The molecular formula is C13H17NO5S. The number of nitrogens with one attached hydrogen (secondary N) is 1. The predicted molar refractivity (Wildman–Crippen MR) is 73.3 cm³/mol. The Balaban J connectivity index is 2.81. The second-order valence-corrected chi connectivity index (χ2v) is 6.73. The molecule has 0 bridgehead atoms. The van der Waals surface area contributed by atoms with Crippen LogP contribution in [0.5, 0.6) is 0 Å². The van der Waals surface area contributed by atoms with Crippen molar-refractivity contribution >= 4 is 21.7 Å². The third-order valence-corrected chi connectivity index (χ3v) is 4.20. The van der Waals surface area contributed by atoms with Crippen LogP contribution in [0.2, 0.25) is 0 Å². The molecule has 0 radical (unpaired) electrons. The summed E-state index contributed by atoms with van der Waals surface area (Å²) in [5.41, 5.74) is -0.0993. The van der Waals surface area contributed by atoms with Crippen LogP contribution >= 0.6 is 0 Å². The third-order valence-electron chi connectivity index (χ3n) is 2.49. The highest BCUT2D eigenvalue weighted by molar-refractivity contribution is 7.91. The van der Waals surface area contributed by atoms with Gasteiger partial charge in [-0.05, 0) is 32.0 Å². The lowest BCUT2D eigenvalue weighted by molar-refractivity contribution is -0.121. The summed E-state index contributed by atoms with van der Waals surface area (Å²) >= 11 is 0. The van der Waals surface area contributed by atoms with Gasteiger partial charge in [0, 0.05) is 12.5 Å². The number of hydrogen-bond donors (Lipinski definition) is 2. The number of sulfone groups is 1. The van der Waals surface area contributed by atoms with E-state index in [1.807, 2.05) is 0 Å². The molecule has 1 rings (SSSR count). The first-order chi connectivity index (χ1) is 9.22. The van der Waals surface area contributed by atoms with E-state index in [-0.39, 0.29) is 34.6 Å². The summed E-state index contributed by atoms with van der Waals surface area (Å²) in [5.74, 6) is -1.90. The zero-order chi connectivity index (χ0) is 15.3. The topological polar surface area (TPSA) is 101 Å². The number of carbonyl (C=O) groups excluding carboxylic acids is 1. The summed E-state index contributed by atoms with van der Waals surface area (Å²) in [4.78, 5) is 22.2. The second kappa shape index (κ2) is 6.51. The number of carbonyl (C=O) groups is 2. The monoisotopic (exact) mass is 299 g/mol. The lowest BCUT2D eigenvalue weighted by Gasteiger charge is -2.09. The second-order valence-electron chi connectivity index (χ2n) is 4.62. The zero-order valence-electron chi connectivity index (χ0n) is 11.3. The summed E-state index contributed by atoms with van der Waals surface area (Å²) in [6.45, 7) is 3.56. The van der Waals surface area contributed by atoms with Crippen LogP contribution in [0.3, 0.4) is 0 Å². The Bertz CT molecular complexity index is 607. The molecule has 0 aliphatic carbocycles. The molecule has 1 aromatic carbocycles. The molecule has 0 unspecified atom stereocenters. The van der Waals surface area contributed by atoms with E-state index in [2.05, 4.69) is 5.32 Å². The minimum absolute atomic E-state index is 0.0551. The summed E-state index contributed by atoms with van der Waals surface area (Å²) in [5, 5.41) is 11.4. The fraction of sp³-hybridized carbons (Fsp3) is 0.385. The molecule has 0 aliphatic heterocycles. The van der Waals surface area contributed by atoms with Gasteiger partial charge in [-0.2, -0.15) is 0 Å². The normalized spacial score (nSPS) is 11.3. The van der Waals surface area contributed by atoms with Gasteiger partial charge in [0.1, 0.15) is 0 Å². The van der Waals surface area contributed by atoms with Gasteiger partial charge in [0.2, 0.25) is 5.91 Å². The SMILES string of the molecule is CC(C)NC(=O)CCS(=O)(=O)c1cccc(C(=O)O)c1. The van der Waals surface area contributed by atoms with E-state index in [9.17, 15) is 18.0 Å². The van der Waals surface area contributed by atoms with E-state index in [1.54, 1.807) is 13.8 Å². The molecule has 0 saturated carbocycles. The maximum Gasteiger partial charge on any atom is 0.335 e. The fourth-order valence-corrected chi connectivity index (χ4v) is 2.84. The van der Waals surface area contributed by atoms with Crippen LogP contribution < -0.4 is 5.32 Å². The summed E-state index contributed by atoms with van der Waals surface area (Å²) in [6.07, 6.45) is -0.155. The Morgan fingerprint density at radius 3 is 2.50 bits per heavy atom.